The van der Waals surface area contributed by atoms with Gasteiger partial charge in [0.1, 0.15) is 18.0 Å². The molecule has 2 N–H and O–H groups in total. The van der Waals surface area contributed by atoms with Crippen molar-refractivity contribution in [1.29, 1.82) is 0 Å². The molecule has 0 aromatic carbocycles. The molecule has 0 radical (unpaired) electrons. The van der Waals surface area contributed by atoms with Crippen LogP contribution in [0.5, 0.6) is 0 Å². The first kappa shape index (κ1) is 13.3. The molecule has 0 atom stereocenters. The lowest BCUT2D eigenvalue weighted by atomic mass is 10.1. The molecule has 0 saturated heterocycles. The summed E-state index contributed by atoms with van der Waals surface area (Å²) in [6, 6.07) is 2.02. The molecular weight excluding hydrogens is 238 g/mol. The highest BCUT2D eigenvalue weighted by Gasteiger charge is 2.08. The molecule has 5 heteroatoms. The Morgan fingerprint density at radius 1 is 1.21 bits per heavy atom. The van der Waals surface area contributed by atoms with Gasteiger partial charge in [-0.2, -0.15) is 0 Å². The van der Waals surface area contributed by atoms with Crippen LogP contribution in [0.4, 0.5) is 11.6 Å². The Hall–Kier alpha value is -2.17. The Kier molecular flexibility index (Phi) is 4.28. The van der Waals surface area contributed by atoms with Crippen molar-refractivity contribution in [2.75, 3.05) is 17.7 Å². The van der Waals surface area contributed by atoms with Gasteiger partial charge in [-0.15, -0.1) is 0 Å². The van der Waals surface area contributed by atoms with Crippen molar-refractivity contribution >= 4 is 11.6 Å². The lowest BCUT2D eigenvalue weighted by Gasteiger charge is -2.13. The number of hydrogen-bond acceptors (Lipinski definition) is 5. The predicted octanol–water partition coefficient (Wildman–Crippen LogP) is 2.40. The molecule has 0 saturated carbocycles. The van der Waals surface area contributed by atoms with Crippen molar-refractivity contribution in [1.82, 2.24) is 15.0 Å². The highest BCUT2D eigenvalue weighted by Crippen LogP contribution is 2.20. The van der Waals surface area contributed by atoms with Crippen LogP contribution in [0.15, 0.2) is 24.8 Å². The van der Waals surface area contributed by atoms with Gasteiger partial charge in [-0.25, -0.2) is 9.97 Å². The second-order valence-corrected chi connectivity index (χ2v) is 4.31. The fourth-order valence-corrected chi connectivity index (χ4v) is 1.99. The van der Waals surface area contributed by atoms with Crippen LogP contribution in [0.1, 0.15) is 23.6 Å². The SMILES string of the molecule is CCc1c(NC)ncnc1NCc1ccncc1C. The van der Waals surface area contributed by atoms with Crippen LogP contribution in [-0.4, -0.2) is 22.0 Å². The van der Waals surface area contributed by atoms with Crippen LogP contribution in [0.25, 0.3) is 0 Å². The fraction of sp³-hybridized carbons (Fsp3) is 0.357. The summed E-state index contributed by atoms with van der Waals surface area (Å²) in [4.78, 5) is 12.7. The van der Waals surface area contributed by atoms with Gasteiger partial charge in [0.2, 0.25) is 0 Å². The van der Waals surface area contributed by atoms with Crippen LogP contribution in [0.3, 0.4) is 0 Å². The third-order valence-corrected chi connectivity index (χ3v) is 3.12. The first-order chi connectivity index (χ1) is 9.26. The summed E-state index contributed by atoms with van der Waals surface area (Å²) < 4.78 is 0. The second kappa shape index (κ2) is 6.13. The van der Waals surface area contributed by atoms with Crippen LogP contribution in [-0.2, 0) is 13.0 Å². The smallest absolute Gasteiger partial charge is 0.134 e. The zero-order chi connectivity index (χ0) is 13.7. The molecule has 0 aliphatic heterocycles. The minimum atomic E-state index is 0.738. The molecule has 2 rings (SSSR count). The van der Waals surface area contributed by atoms with E-state index in [2.05, 4.69) is 39.4 Å². The quantitative estimate of drug-likeness (QED) is 0.861. The summed E-state index contributed by atoms with van der Waals surface area (Å²) in [5.74, 6) is 1.77. The number of nitrogens with one attached hydrogen (secondary N) is 2. The van der Waals surface area contributed by atoms with E-state index < -0.39 is 0 Å². The molecule has 0 fully saturated rings. The Morgan fingerprint density at radius 2 is 2.00 bits per heavy atom. The maximum Gasteiger partial charge on any atom is 0.134 e. The van der Waals surface area contributed by atoms with Crippen molar-refractivity contribution in [3.8, 4) is 0 Å². The van der Waals surface area contributed by atoms with E-state index in [0.717, 1.165) is 30.2 Å². The number of nitrogens with zero attached hydrogens (tertiary/aromatic N) is 3. The molecular formula is C14H19N5. The standard InChI is InChI=1S/C14H19N5/c1-4-12-13(15-3)18-9-19-14(12)17-8-11-5-6-16-7-10(11)2/h5-7,9H,4,8H2,1-3H3,(H2,15,17,18,19). The van der Waals surface area contributed by atoms with Gasteiger partial charge < -0.3 is 10.6 Å². The largest absolute Gasteiger partial charge is 0.373 e. The van der Waals surface area contributed by atoms with Gasteiger partial charge in [0.15, 0.2) is 0 Å². The van der Waals surface area contributed by atoms with E-state index in [9.17, 15) is 0 Å². The summed E-state index contributed by atoms with van der Waals surface area (Å²) in [6.45, 7) is 4.90. The summed E-state index contributed by atoms with van der Waals surface area (Å²) in [5.41, 5.74) is 3.51. The van der Waals surface area contributed by atoms with E-state index in [0.29, 0.717) is 0 Å². The highest BCUT2D eigenvalue weighted by atomic mass is 15.1. The van der Waals surface area contributed by atoms with Crippen molar-refractivity contribution in [3.05, 3.63) is 41.5 Å². The van der Waals surface area contributed by atoms with E-state index in [-0.39, 0.29) is 0 Å². The number of pyridine rings is 1. The molecule has 0 aliphatic rings. The molecule has 0 unspecified atom stereocenters. The molecule has 0 amide bonds. The first-order valence-electron chi connectivity index (χ1n) is 6.41. The fourth-order valence-electron chi connectivity index (χ4n) is 1.99. The van der Waals surface area contributed by atoms with Gasteiger partial charge >= 0.3 is 0 Å². The number of aryl methyl sites for hydroxylation is 1. The topological polar surface area (TPSA) is 62.7 Å². The summed E-state index contributed by atoms with van der Waals surface area (Å²) >= 11 is 0. The van der Waals surface area contributed by atoms with Crippen LogP contribution >= 0.6 is 0 Å². The van der Waals surface area contributed by atoms with E-state index in [1.807, 2.05) is 25.5 Å². The van der Waals surface area contributed by atoms with Gasteiger partial charge in [0.25, 0.3) is 0 Å². The average Bonchev–Trinajstić information content (AvgIpc) is 2.45. The minimum Gasteiger partial charge on any atom is -0.373 e. The van der Waals surface area contributed by atoms with E-state index in [1.165, 1.54) is 11.1 Å². The third kappa shape index (κ3) is 2.99. The Bertz CT molecular complexity index is 553. The Labute approximate surface area is 113 Å². The normalized spacial score (nSPS) is 10.3. The molecule has 2 aromatic rings. The Balaban J connectivity index is 2.18. The Morgan fingerprint density at radius 3 is 2.68 bits per heavy atom. The van der Waals surface area contributed by atoms with Crippen molar-refractivity contribution < 1.29 is 0 Å². The summed E-state index contributed by atoms with van der Waals surface area (Å²) in [5, 5.41) is 6.47. The lowest BCUT2D eigenvalue weighted by Crippen LogP contribution is -2.08. The molecule has 0 bridgehead atoms. The van der Waals surface area contributed by atoms with Crippen molar-refractivity contribution in [2.45, 2.75) is 26.8 Å². The molecule has 0 spiro atoms. The highest BCUT2D eigenvalue weighted by molar-refractivity contribution is 5.57. The van der Waals surface area contributed by atoms with E-state index in [1.54, 1.807) is 6.33 Å². The summed E-state index contributed by atoms with van der Waals surface area (Å²) in [6.07, 6.45) is 6.14. The molecule has 2 heterocycles. The summed E-state index contributed by atoms with van der Waals surface area (Å²) in [7, 11) is 1.87. The van der Waals surface area contributed by atoms with Crippen LogP contribution < -0.4 is 10.6 Å². The lowest BCUT2D eigenvalue weighted by molar-refractivity contribution is 1.00. The first-order valence-corrected chi connectivity index (χ1v) is 6.41. The molecule has 100 valence electrons. The van der Waals surface area contributed by atoms with Gasteiger partial charge in [-0.1, -0.05) is 6.92 Å². The minimum absolute atomic E-state index is 0.738. The van der Waals surface area contributed by atoms with Gasteiger partial charge in [-0.05, 0) is 30.5 Å². The van der Waals surface area contributed by atoms with Gasteiger partial charge in [0.05, 0.1) is 0 Å². The number of anilines is 2. The van der Waals surface area contributed by atoms with Gasteiger partial charge in [-0.3, -0.25) is 4.98 Å². The third-order valence-electron chi connectivity index (χ3n) is 3.12. The maximum atomic E-state index is 4.33. The van der Waals surface area contributed by atoms with E-state index >= 15 is 0 Å². The monoisotopic (exact) mass is 257 g/mol. The van der Waals surface area contributed by atoms with Crippen LogP contribution in [0, 0.1) is 6.92 Å². The van der Waals surface area contributed by atoms with E-state index in [4.69, 9.17) is 0 Å². The van der Waals surface area contributed by atoms with Gasteiger partial charge in [0, 0.05) is 31.5 Å². The zero-order valence-corrected chi connectivity index (χ0v) is 11.6. The molecule has 0 aliphatic carbocycles. The predicted molar refractivity (Wildman–Crippen MR) is 77.3 cm³/mol. The number of aromatic nitrogens is 3. The number of rotatable bonds is 5. The second-order valence-electron chi connectivity index (χ2n) is 4.31. The van der Waals surface area contributed by atoms with Crippen LogP contribution in [0.2, 0.25) is 0 Å². The molecule has 5 nitrogen and oxygen atoms in total. The zero-order valence-electron chi connectivity index (χ0n) is 11.6. The number of hydrogen-bond donors (Lipinski definition) is 2. The molecule has 2 aromatic heterocycles. The average molecular weight is 257 g/mol. The molecule has 19 heavy (non-hydrogen) atoms. The maximum absolute atomic E-state index is 4.33. The van der Waals surface area contributed by atoms with Crippen molar-refractivity contribution in [2.24, 2.45) is 0 Å². The van der Waals surface area contributed by atoms with Crippen molar-refractivity contribution in [3.63, 3.8) is 0 Å².